The van der Waals surface area contributed by atoms with Crippen LogP contribution in [0, 0.1) is 5.82 Å². The first-order valence-electron chi connectivity index (χ1n) is 12.0. The average Bonchev–Trinajstić information content (AvgIpc) is 3.76. The lowest BCUT2D eigenvalue weighted by Crippen LogP contribution is -2.44. The highest BCUT2D eigenvalue weighted by Gasteiger charge is 2.29. The van der Waals surface area contributed by atoms with Gasteiger partial charge >= 0.3 is 0 Å². The molecule has 4 aromatic rings. The van der Waals surface area contributed by atoms with E-state index in [4.69, 9.17) is 26.3 Å². The number of aromatic nitrogens is 4. The van der Waals surface area contributed by atoms with Crippen LogP contribution in [-0.4, -0.2) is 53.2 Å². The molecule has 0 spiro atoms. The molecule has 1 aliphatic carbocycles. The number of nitrogens with zero attached hydrogens (tertiary/aromatic N) is 5. The van der Waals surface area contributed by atoms with E-state index in [0.717, 1.165) is 48.5 Å². The third kappa shape index (κ3) is 4.29. The number of fused-ring (bicyclic) bond motifs is 1. The van der Waals surface area contributed by atoms with Crippen molar-refractivity contribution in [3.63, 3.8) is 0 Å². The molecule has 4 heterocycles. The fourth-order valence-electron chi connectivity index (χ4n) is 4.60. The molecule has 10 heteroatoms. The third-order valence-corrected chi connectivity index (χ3v) is 6.97. The summed E-state index contributed by atoms with van der Waals surface area (Å²) in [7, 11) is 1.48. The molecule has 3 aromatic heterocycles. The van der Waals surface area contributed by atoms with Gasteiger partial charge in [-0.25, -0.2) is 19.3 Å². The molecular weight excluding hydrogens is 481 g/mol. The van der Waals surface area contributed by atoms with Gasteiger partial charge in [0.05, 0.1) is 24.5 Å². The van der Waals surface area contributed by atoms with Crippen LogP contribution in [0.25, 0.3) is 22.3 Å². The summed E-state index contributed by atoms with van der Waals surface area (Å²) >= 11 is 6.34. The van der Waals surface area contributed by atoms with E-state index >= 15 is 0 Å². The smallest absolute Gasteiger partial charge is 0.162 e. The summed E-state index contributed by atoms with van der Waals surface area (Å²) in [4.78, 5) is 21.1. The molecule has 36 heavy (non-hydrogen) atoms. The minimum atomic E-state index is -0.505. The maximum absolute atomic E-state index is 14.5. The van der Waals surface area contributed by atoms with Crippen LogP contribution >= 0.6 is 11.6 Å². The molecule has 184 valence electrons. The van der Waals surface area contributed by atoms with Gasteiger partial charge in [-0.1, -0.05) is 11.6 Å². The van der Waals surface area contributed by atoms with Crippen molar-refractivity contribution in [3.8, 4) is 17.1 Å². The minimum absolute atomic E-state index is 0.0971. The van der Waals surface area contributed by atoms with Crippen LogP contribution in [-0.2, 0) is 0 Å². The minimum Gasteiger partial charge on any atom is -0.495 e. The Morgan fingerprint density at radius 1 is 1.14 bits per heavy atom. The van der Waals surface area contributed by atoms with E-state index in [1.807, 2.05) is 18.5 Å². The fraction of sp³-hybridized carbons (Fsp3) is 0.308. The van der Waals surface area contributed by atoms with E-state index < -0.39 is 5.82 Å². The highest BCUT2D eigenvalue weighted by atomic mass is 35.5. The van der Waals surface area contributed by atoms with Crippen LogP contribution in [0.2, 0.25) is 5.02 Å². The lowest BCUT2D eigenvalue weighted by atomic mass is 10.1. The highest BCUT2D eigenvalue weighted by molar-refractivity contribution is 6.34. The van der Waals surface area contributed by atoms with Crippen LogP contribution in [0.1, 0.15) is 24.3 Å². The summed E-state index contributed by atoms with van der Waals surface area (Å²) in [6.07, 6.45) is 7.76. The second-order valence-corrected chi connectivity index (χ2v) is 9.38. The Morgan fingerprint density at radius 2 is 1.97 bits per heavy atom. The van der Waals surface area contributed by atoms with E-state index in [-0.39, 0.29) is 10.7 Å². The van der Waals surface area contributed by atoms with Gasteiger partial charge in [-0.2, -0.15) is 0 Å². The number of pyridine rings is 2. The van der Waals surface area contributed by atoms with Crippen molar-refractivity contribution in [1.82, 2.24) is 25.3 Å². The van der Waals surface area contributed by atoms with Crippen LogP contribution < -0.4 is 20.3 Å². The number of piperazine rings is 1. The molecule has 2 N–H and O–H groups in total. The topological polar surface area (TPSA) is 88.1 Å². The van der Waals surface area contributed by atoms with E-state index in [1.54, 1.807) is 12.3 Å². The second kappa shape index (κ2) is 9.48. The van der Waals surface area contributed by atoms with Gasteiger partial charge in [-0.3, -0.25) is 4.98 Å². The molecule has 0 bridgehead atoms. The quantitative estimate of drug-likeness (QED) is 0.382. The number of halogens is 2. The first kappa shape index (κ1) is 22.9. The number of benzene rings is 1. The lowest BCUT2D eigenvalue weighted by molar-refractivity contribution is 0.414. The van der Waals surface area contributed by atoms with Crippen LogP contribution in [0.15, 0.2) is 42.9 Å². The fourth-order valence-corrected chi connectivity index (χ4v) is 4.88. The van der Waals surface area contributed by atoms with E-state index in [0.29, 0.717) is 23.3 Å². The van der Waals surface area contributed by atoms with Crippen LogP contribution in [0.5, 0.6) is 5.75 Å². The third-order valence-electron chi connectivity index (χ3n) is 6.60. The number of anilines is 3. The average molecular weight is 506 g/mol. The SMILES string of the molecule is COc1ccc(F)c(Nc2cc(-c3nc(N4CCNCC4)c4c(C5CC5)cncc4n3)ccn2)c1Cl. The van der Waals surface area contributed by atoms with Crippen LogP contribution in [0.4, 0.5) is 21.7 Å². The lowest BCUT2D eigenvalue weighted by Gasteiger charge is -2.30. The number of rotatable bonds is 6. The number of hydrogen-bond acceptors (Lipinski definition) is 8. The first-order chi connectivity index (χ1) is 17.6. The Morgan fingerprint density at radius 3 is 2.75 bits per heavy atom. The Hall–Kier alpha value is -3.56. The van der Waals surface area contributed by atoms with Gasteiger partial charge in [-0.05, 0) is 48.6 Å². The Balaban J connectivity index is 1.43. The molecule has 1 saturated heterocycles. The Kier molecular flexibility index (Phi) is 6.02. The van der Waals surface area contributed by atoms with Crippen molar-refractivity contribution in [1.29, 1.82) is 0 Å². The summed E-state index contributed by atoms with van der Waals surface area (Å²) in [6.45, 7) is 3.55. The van der Waals surface area contributed by atoms with Gasteiger partial charge in [0, 0.05) is 49.5 Å². The summed E-state index contributed by atoms with van der Waals surface area (Å²) in [5.74, 6) is 2.31. The molecule has 6 rings (SSSR count). The molecule has 1 saturated carbocycles. The number of hydrogen-bond donors (Lipinski definition) is 2. The van der Waals surface area contributed by atoms with Crippen molar-refractivity contribution in [3.05, 3.63) is 59.3 Å². The number of methoxy groups -OCH3 is 1. The maximum Gasteiger partial charge on any atom is 0.162 e. The van der Waals surface area contributed by atoms with Crippen molar-refractivity contribution < 1.29 is 9.13 Å². The molecule has 0 atom stereocenters. The summed E-state index contributed by atoms with van der Waals surface area (Å²) in [5, 5.41) is 7.64. The highest BCUT2D eigenvalue weighted by Crippen LogP contribution is 2.45. The first-order valence-corrected chi connectivity index (χ1v) is 12.4. The summed E-state index contributed by atoms with van der Waals surface area (Å²) in [6, 6.07) is 6.41. The number of ether oxygens (including phenoxy) is 1. The molecule has 1 aromatic carbocycles. The summed E-state index contributed by atoms with van der Waals surface area (Å²) < 4.78 is 19.8. The summed E-state index contributed by atoms with van der Waals surface area (Å²) in [5.41, 5.74) is 2.90. The standard InChI is InChI=1S/C26H25ClFN7O/c1-36-20-5-4-18(28)24(23(20)27)33-21-12-16(6-7-31-21)25-32-19-14-30-13-17(15-2-3-15)22(19)26(34-25)35-10-8-29-9-11-35/h4-7,12-15,29H,2-3,8-11H2,1H3,(H,31,33). The number of nitrogens with one attached hydrogen (secondary N) is 2. The van der Waals surface area contributed by atoms with Crippen molar-refractivity contribution in [2.75, 3.05) is 43.5 Å². The molecule has 2 aliphatic rings. The molecule has 1 aliphatic heterocycles. The predicted molar refractivity (Wildman–Crippen MR) is 139 cm³/mol. The maximum atomic E-state index is 14.5. The van der Waals surface area contributed by atoms with E-state index in [1.165, 1.54) is 37.6 Å². The molecule has 0 amide bonds. The molecular formula is C26H25ClFN7O. The molecule has 8 nitrogen and oxygen atoms in total. The van der Waals surface area contributed by atoms with Gasteiger partial charge in [0.25, 0.3) is 0 Å². The zero-order valence-electron chi connectivity index (χ0n) is 19.8. The molecule has 0 radical (unpaired) electrons. The Labute approximate surface area is 212 Å². The zero-order valence-corrected chi connectivity index (χ0v) is 20.5. The van der Waals surface area contributed by atoms with Crippen molar-refractivity contribution in [2.24, 2.45) is 0 Å². The normalized spacial score (nSPS) is 15.8. The van der Waals surface area contributed by atoms with Crippen molar-refractivity contribution >= 4 is 39.8 Å². The van der Waals surface area contributed by atoms with Gasteiger partial charge in [-0.15, -0.1) is 0 Å². The Bertz CT molecular complexity index is 1440. The van der Waals surface area contributed by atoms with E-state index in [2.05, 4.69) is 25.5 Å². The largest absolute Gasteiger partial charge is 0.495 e. The van der Waals surface area contributed by atoms with Gasteiger partial charge in [0.2, 0.25) is 0 Å². The van der Waals surface area contributed by atoms with Gasteiger partial charge in [0.1, 0.15) is 28.2 Å². The monoisotopic (exact) mass is 505 g/mol. The van der Waals surface area contributed by atoms with Crippen molar-refractivity contribution in [2.45, 2.75) is 18.8 Å². The second-order valence-electron chi connectivity index (χ2n) is 9.00. The predicted octanol–water partition coefficient (Wildman–Crippen LogP) is 4.92. The molecule has 2 fully saturated rings. The van der Waals surface area contributed by atoms with E-state index in [9.17, 15) is 4.39 Å². The zero-order chi connectivity index (χ0) is 24.6. The van der Waals surface area contributed by atoms with Gasteiger partial charge in [0.15, 0.2) is 5.82 Å². The molecule has 0 unspecified atom stereocenters. The van der Waals surface area contributed by atoms with Gasteiger partial charge < -0.3 is 20.3 Å². The van der Waals surface area contributed by atoms with Crippen LogP contribution in [0.3, 0.4) is 0 Å².